The number of ether oxygens (including phenoxy) is 2. The molecule has 0 aromatic heterocycles. The summed E-state index contributed by atoms with van der Waals surface area (Å²) in [6.45, 7) is 5.83. The standard InChI is InChI=1S/C26H31ClN2O4/c1-18(2)17-33-25-22(27)15-19(16-23(25)32-3)9-10-24(30)29-13-11-21(12-14-29)28-26(31)20-7-5-4-6-8-20/h4-10,15-16,18,21H,11-14,17H2,1-3H3,(H,28,31)/b10-9+. The zero-order chi connectivity index (χ0) is 23.8. The second-order valence-electron chi connectivity index (χ2n) is 8.51. The van der Waals surface area contributed by atoms with E-state index in [1.807, 2.05) is 18.2 Å². The normalized spacial score (nSPS) is 14.5. The molecule has 2 amide bonds. The molecule has 0 unspecified atom stereocenters. The smallest absolute Gasteiger partial charge is 0.251 e. The third-order valence-electron chi connectivity index (χ3n) is 5.41. The molecule has 6 nitrogen and oxygen atoms in total. The zero-order valence-electron chi connectivity index (χ0n) is 19.3. The van der Waals surface area contributed by atoms with Gasteiger partial charge in [-0.3, -0.25) is 9.59 Å². The fourth-order valence-corrected chi connectivity index (χ4v) is 3.88. The van der Waals surface area contributed by atoms with E-state index < -0.39 is 0 Å². The average molecular weight is 471 g/mol. The summed E-state index contributed by atoms with van der Waals surface area (Å²) in [6, 6.07) is 12.8. The second kappa shape index (κ2) is 11.8. The predicted octanol–water partition coefficient (Wildman–Crippen LogP) is 4.82. The van der Waals surface area contributed by atoms with Gasteiger partial charge in [0.05, 0.1) is 18.7 Å². The number of rotatable bonds is 8. The van der Waals surface area contributed by atoms with Crippen LogP contribution >= 0.6 is 11.6 Å². The second-order valence-corrected chi connectivity index (χ2v) is 8.92. The van der Waals surface area contributed by atoms with Gasteiger partial charge in [-0.15, -0.1) is 0 Å². The lowest BCUT2D eigenvalue weighted by atomic mass is 10.0. The Labute approximate surface area is 200 Å². The lowest BCUT2D eigenvalue weighted by Crippen LogP contribution is -2.46. The molecule has 0 atom stereocenters. The average Bonchev–Trinajstić information content (AvgIpc) is 2.82. The van der Waals surface area contributed by atoms with Gasteiger partial charge in [-0.25, -0.2) is 0 Å². The number of carbonyl (C=O) groups is 2. The Hall–Kier alpha value is -2.99. The maximum Gasteiger partial charge on any atom is 0.251 e. The van der Waals surface area contributed by atoms with Gasteiger partial charge < -0.3 is 19.7 Å². The van der Waals surface area contributed by atoms with Crippen LogP contribution in [0.15, 0.2) is 48.5 Å². The maximum absolute atomic E-state index is 12.7. The first-order valence-corrected chi connectivity index (χ1v) is 11.6. The molecule has 1 N–H and O–H groups in total. The van der Waals surface area contributed by atoms with Crippen LogP contribution in [-0.4, -0.2) is 49.6 Å². The number of piperidine rings is 1. The SMILES string of the molecule is COc1cc(/C=C/C(=O)N2CCC(NC(=O)c3ccccc3)CC2)cc(Cl)c1OCC(C)C. The molecule has 0 aliphatic carbocycles. The van der Waals surface area contributed by atoms with Gasteiger partial charge in [-0.1, -0.05) is 43.6 Å². The lowest BCUT2D eigenvalue weighted by molar-refractivity contribution is -0.126. The van der Waals surface area contributed by atoms with Crippen LogP contribution in [0.25, 0.3) is 6.08 Å². The van der Waals surface area contributed by atoms with Crippen LogP contribution in [0.1, 0.15) is 42.6 Å². The van der Waals surface area contributed by atoms with Crippen molar-refractivity contribution in [3.8, 4) is 11.5 Å². The quantitative estimate of drug-likeness (QED) is 0.562. The van der Waals surface area contributed by atoms with Crippen molar-refractivity contribution in [2.75, 3.05) is 26.8 Å². The summed E-state index contributed by atoms with van der Waals surface area (Å²) in [4.78, 5) is 26.8. The third-order valence-corrected chi connectivity index (χ3v) is 5.69. The molecule has 1 fully saturated rings. The van der Waals surface area contributed by atoms with Crippen LogP contribution in [0, 0.1) is 5.92 Å². The first-order chi connectivity index (χ1) is 15.9. The van der Waals surface area contributed by atoms with Gasteiger partial charge in [0.2, 0.25) is 5.91 Å². The summed E-state index contributed by atoms with van der Waals surface area (Å²) in [5.74, 6) is 1.25. The minimum Gasteiger partial charge on any atom is -0.493 e. The van der Waals surface area contributed by atoms with Crippen molar-refractivity contribution in [2.45, 2.75) is 32.7 Å². The summed E-state index contributed by atoms with van der Waals surface area (Å²) < 4.78 is 11.2. The van der Waals surface area contributed by atoms with Crippen molar-refractivity contribution in [3.05, 3.63) is 64.7 Å². The monoisotopic (exact) mass is 470 g/mol. The molecule has 0 saturated carbocycles. The van der Waals surface area contributed by atoms with Crippen molar-refractivity contribution >= 4 is 29.5 Å². The highest BCUT2D eigenvalue weighted by atomic mass is 35.5. The van der Waals surface area contributed by atoms with Crippen LogP contribution in [0.2, 0.25) is 5.02 Å². The highest BCUT2D eigenvalue weighted by Crippen LogP contribution is 2.37. The van der Waals surface area contributed by atoms with Gasteiger partial charge in [0, 0.05) is 30.8 Å². The minimum absolute atomic E-state index is 0.0622. The Morgan fingerprint density at radius 2 is 1.88 bits per heavy atom. The largest absolute Gasteiger partial charge is 0.493 e. The topological polar surface area (TPSA) is 67.9 Å². The van der Waals surface area contributed by atoms with E-state index in [2.05, 4.69) is 19.2 Å². The van der Waals surface area contributed by atoms with E-state index in [0.29, 0.717) is 47.7 Å². The minimum atomic E-state index is -0.0769. The van der Waals surface area contributed by atoms with Crippen molar-refractivity contribution < 1.29 is 19.1 Å². The first-order valence-electron chi connectivity index (χ1n) is 11.2. The highest BCUT2D eigenvalue weighted by Gasteiger charge is 2.23. The van der Waals surface area contributed by atoms with Gasteiger partial charge in [0.1, 0.15) is 0 Å². The number of carbonyl (C=O) groups excluding carboxylic acids is 2. The van der Waals surface area contributed by atoms with Crippen LogP contribution in [-0.2, 0) is 4.79 Å². The Kier molecular flexibility index (Phi) is 8.78. The van der Waals surface area contributed by atoms with E-state index in [1.54, 1.807) is 48.4 Å². The molecule has 2 aromatic carbocycles. The molecular weight excluding hydrogens is 440 g/mol. The first kappa shape index (κ1) is 24.6. The number of hydrogen-bond acceptors (Lipinski definition) is 4. The summed E-state index contributed by atoms with van der Waals surface area (Å²) in [7, 11) is 1.56. The summed E-state index contributed by atoms with van der Waals surface area (Å²) in [5.41, 5.74) is 1.40. The number of methoxy groups -OCH3 is 1. The van der Waals surface area contributed by atoms with E-state index in [0.717, 1.165) is 18.4 Å². The van der Waals surface area contributed by atoms with Crippen LogP contribution in [0.4, 0.5) is 0 Å². The van der Waals surface area contributed by atoms with E-state index in [1.165, 1.54) is 0 Å². The lowest BCUT2D eigenvalue weighted by Gasteiger charge is -2.31. The molecule has 3 rings (SSSR count). The Balaban J connectivity index is 1.55. The molecule has 0 bridgehead atoms. The number of amides is 2. The van der Waals surface area contributed by atoms with Crippen molar-refractivity contribution in [2.24, 2.45) is 5.92 Å². The van der Waals surface area contributed by atoms with Crippen LogP contribution < -0.4 is 14.8 Å². The van der Waals surface area contributed by atoms with Crippen LogP contribution in [0.3, 0.4) is 0 Å². The molecule has 7 heteroatoms. The maximum atomic E-state index is 12.7. The Morgan fingerprint density at radius 1 is 1.18 bits per heavy atom. The fourth-order valence-electron chi connectivity index (χ4n) is 3.60. The van der Waals surface area contributed by atoms with Gasteiger partial charge in [0.25, 0.3) is 5.91 Å². The van der Waals surface area contributed by atoms with Gasteiger partial charge in [0.15, 0.2) is 11.5 Å². The molecule has 0 spiro atoms. The molecule has 1 saturated heterocycles. The van der Waals surface area contributed by atoms with Gasteiger partial charge in [-0.05, 0) is 54.7 Å². The molecular formula is C26H31ClN2O4. The van der Waals surface area contributed by atoms with Crippen LogP contribution in [0.5, 0.6) is 11.5 Å². The number of likely N-dealkylation sites (tertiary alicyclic amines) is 1. The molecule has 1 aliphatic rings. The molecule has 33 heavy (non-hydrogen) atoms. The molecule has 176 valence electrons. The zero-order valence-corrected chi connectivity index (χ0v) is 20.1. The number of benzene rings is 2. The number of nitrogens with zero attached hydrogens (tertiary/aromatic N) is 1. The summed E-state index contributed by atoms with van der Waals surface area (Å²) in [5, 5.41) is 3.50. The number of hydrogen-bond donors (Lipinski definition) is 1. The summed E-state index contributed by atoms with van der Waals surface area (Å²) >= 11 is 6.39. The van der Waals surface area contributed by atoms with Crippen molar-refractivity contribution in [3.63, 3.8) is 0 Å². The third kappa shape index (κ3) is 6.99. The van der Waals surface area contributed by atoms with Gasteiger partial charge >= 0.3 is 0 Å². The number of nitrogens with one attached hydrogen (secondary N) is 1. The van der Waals surface area contributed by atoms with E-state index in [4.69, 9.17) is 21.1 Å². The Bertz CT molecular complexity index is 983. The van der Waals surface area contributed by atoms with Crippen molar-refractivity contribution in [1.29, 1.82) is 0 Å². The van der Waals surface area contributed by atoms with Crippen molar-refractivity contribution in [1.82, 2.24) is 10.2 Å². The predicted molar refractivity (Wildman–Crippen MR) is 131 cm³/mol. The molecule has 2 aromatic rings. The highest BCUT2D eigenvalue weighted by molar-refractivity contribution is 6.32. The molecule has 0 radical (unpaired) electrons. The van der Waals surface area contributed by atoms with E-state index in [9.17, 15) is 9.59 Å². The summed E-state index contributed by atoms with van der Waals surface area (Å²) in [6.07, 6.45) is 4.72. The molecule has 1 aliphatic heterocycles. The van der Waals surface area contributed by atoms with Gasteiger partial charge in [-0.2, -0.15) is 0 Å². The fraction of sp³-hybridized carbons (Fsp3) is 0.385. The van der Waals surface area contributed by atoms with E-state index >= 15 is 0 Å². The Morgan fingerprint density at radius 3 is 2.52 bits per heavy atom. The number of halogens is 1. The van der Waals surface area contributed by atoms with E-state index in [-0.39, 0.29) is 17.9 Å². The molecule has 1 heterocycles.